The van der Waals surface area contributed by atoms with Crippen molar-refractivity contribution in [2.75, 3.05) is 28.2 Å². The molecule has 0 unspecified atom stereocenters. The van der Waals surface area contributed by atoms with Gasteiger partial charge in [0, 0.05) is 40.6 Å². The number of hydrogen-bond acceptors (Lipinski definition) is 7. The van der Waals surface area contributed by atoms with Gasteiger partial charge in [0.15, 0.2) is 0 Å². The Labute approximate surface area is 293 Å². The number of alkyl halides is 3. The van der Waals surface area contributed by atoms with Gasteiger partial charge in [-0.2, -0.15) is 13.2 Å². The van der Waals surface area contributed by atoms with Crippen molar-refractivity contribution in [3.63, 3.8) is 0 Å². The maximum atomic E-state index is 14.2. The molecule has 2 aliphatic heterocycles. The second kappa shape index (κ2) is 13.1. The lowest BCUT2D eigenvalue weighted by Crippen LogP contribution is -2.33. The number of benzene rings is 4. The predicted octanol–water partition coefficient (Wildman–Crippen LogP) is 7.36. The number of anilines is 3. The van der Waals surface area contributed by atoms with Crippen LogP contribution in [0.25, 0.3) is 10.8 Å². The Balaban J connectivity index is 1.30. The number of carbonyl (C=O) groups is 3. The van der Waals surface area contributed by atoms with E-state index in [1.165, 1.54) is 16.7 Å². The number of halogens is 3. The molecule has 2 aliphatic rings. The molecule has 1 N–H and O–H groups in total. The van der Waals surface area contributed by atoms with Gasteiger partial charge in [-0.15, -0.1) is 0 Å². The molecule has 0 saturated carbocycles. The van der Waals surface area contributed by atoms with Crippen LogP contribution in [-0.2, 0) is 27.1 Å². The predicted molar refractivity (Wildman–Crippen MR) is 190 cm³/mol. The molecule has 50 heavy (non-hydrogen) atoms. The van der Waals surface area contributed by atoms with Crippen LogP contribution in [0.2, 0.25) is 0 Å². The van der Waals surface area contributed by atoms with Gasteiger partial charge in [-0.3, -0.25) is 23.7 Å². The van der Waals surface area contributed by atoms with Crippen molar-refractivity contribution in [1.82, 2.24) is 4.57 Å². The average molecular weight is 717 g/mol. The first kappa shape index (κ1) is 33.6. The fraction of sp³-hybridized carbons (Fsp3) is 0.243. The Bertz CT molecular complexity index is 2190. The van der Waals surface area contributed by atoms with Crippen LogP contribution in [-0.4, -0.2) is 40.6 Å². The molecule has 0 spiro atoms. The number of fused-ring (bicyclic) bond motifs is 3. The van der Waals surface area contributed by atoms with Crippen LogP contribution < -0.4 is 20.0 Å². The van der Waals surface area contributed by atoms with Crippen LogP contribution in [0.1, 0.15) is 35.8 Å². The third-order valence-corrected chi connectivity index (χ3v) is 11.8. The summed E-state index contributed by atoms with van der Waals surface area (Å²) in [6.07, 6.45) is -4.81. The molecule has 0 bridgehead atoms. The Morgan fingerprint density at radius 3 is 2.26 bits per heavy atom. The number of nitrogens with zero attached hydrogens (tertiary/aromatic N) is 3. The van der Waals surface area contributed by atoms with Crippen molar-refractivity contribution in [2.24, 2.45) is 5.92 Å². The van der Waals surface area contributed by atoms with E-state index in [9.17, 15) is 32.3 Å². The number of amides is 3. The smallest absolute Gasteiger partial charge is 0.372 e. The largest absolute Gasteiger partial charge is 0.418 e. The lowest BCUT2D eigenvalue weighted by atomic mass is 9.83. The number of nitrogens with one attached hydrogen (secondary N) is 1. The molecule has 1 aromatic heterocycles. The highest BCUT2D eigenvalue weighted by atomic mass is 32.2. The van der Waals surface area contributed by atoms with Crippen LogP contribution >= 0.6 is 23.1 Å². The highest BCUT2D eigenvalue weighted by Crippen LogP contribution is 2.54. The molecular formula is C37H31F3N4O4S2. The van der Waals surface area contributed by atoms with Crippen LogP contribution in [0.3, 0.4) is 0 Å². The number of rotatable bonds is 8. The first-order valence-electron chi connectivity index (χ1n) is 16.1. The average Bonchev–Trinajstić information content (AvgIpc) is 3.55. The minimum Gasteiger partial charge on any atom is -0.372 e. The van der Waals surface area contributed by atoms with Crippen molar-refractivity contribution in [2.45, 2.75) is 42.8 Å². The minimum atomic E-state index is -4.81. The zero-order valence-corrected chi connectivity index (χ0v) is 28.6. The summed E-state index contributed by atoms with van der Waals surface area (Å²) in [6, 6.07) is 25.0. The lowest BCUT2D eigenvalue weighted by molar-refractivity contribution is -0.137. The Morgan fingerprint density at radius 1 is 0.860 bits per heavy atom. The van der Waals surface area contributed by atoms with Crippen LogP contribution in [0.5, 0.6) is 0 Å². The van der Waals surface area contributed by atoms with Crippen molar-refractivity contribution in [3.05, 3.63) is 117 Å². The summed E-state index contributed by atoms with van der Waals surface area (Å²) in [5.74, 6) is -3.95. The number of hydrogen-bond donors (Lipinski definition) is 1. The molecule has 3 heterocycles. The lowest BCUT2D eigenvalue weighted by Gasteiger charge is -2.31. The van der Waals surface area contributed by atoms with Gasteiger partial charge in [0.1, 0.15) is 11.8 Å². The number of imide groups is 1. The van der Waals surface area contributed by atoms with E-state index in [4.69, 9.17) is 0 Å². The highest BCUT2D eigenvalue weighted by Gasteiger charge is 2.57. The number of thioether (sulfide) groups is 1. The monoisotopic (exact) mass is 716 g/mol. The molecule has 1 saturated heterocycles. The molecule has 7 rings (SSSR count). The topological polar surface area (TPSA) is 91.7 Å². The summed E-state index contributed by atoms with van der Waals surface area (Å²) in [6.45, 7) is 5.21. The van der Waals surface area contributed by atoms with Crippen molar-refractivity contribution in [3.8, 4) is 0 Å². The van der Waals surface area contributed by atoms with Crippen molar-refractivity contribution < 1.29 is 27.6 Å². The zero-order valence-electron chi connectivity index (χ0n) is 26.9. The van der Waals surface area contributed by atoms with Gasteiger partial charge in [-0.1, -0.05) is 83.8 Å². The van der Waals surface area contributed by atoms with Gasteiger partial charge < -0.3 is 10.2 Å². The van der Waals surface area contributed by atoms with E-state index in [0.717, 1.165) is 64.8 Å². The van der Waals surface area contributed by atoms with Gasteiger partial charge in [0.05, 0.1) is 22.2 Å². The molecule has 5 aromatic rings. The molecule has 3 amide bonds. The Morgan fingerprint density at radius 2 is 1.54 bits per heavy atom. The first-order valence-corrected chi connectivity index (χ1v) is 17.8. The molecule has 3 atom stereocenters. The molecule has 8 nitrogen and oxygen atoms in total. The first-order chi connectivity index (χ1) is 24.0. The SMILES string of the molecule is CCN(CC)c1ccc([C@@H]2c3sc(=O)n(CC(=O)Nc4cccc5ccccc45)c3S[C@H]3C(=O)N(c4ccccc4C(F)(F)F)C(=O)[C@@H]23)cc1. The Hall–Kier alpha value is -4.88. The molecular weight excluding hydrogens is 686 g/mol. The summed E-state index contributed by atoms with van der Waals surface area (Å²) in [4.78, 5) is 58.2. The number of para-hydroxylation sites is 1. The number of thiazole rings is 1. The van der Waals surface area contributed by atoms with E-state index in [2.05, 4.69) is 10.2 Å². The maximum absolute atomic E-state index is 14.2. The summed E-state index contributed by atoms with van der Waals surface area (Å²) in [5, 5.41) is 3.85. The minimum absolute atomic E-state index is 0.347. The van der Waals surface area contributed by atoms with E-state index in [0.29, 0.717) is 26.1 Å². The van der Waals surface area contributed by atoms with Crippen molar-refractivity contribution in [1.29, 1.82) is 0 Å². The van der Waals surface area contributed by atoms with E-state index in [-0.39, 0.29) is 6.54 Å². The number of aromatic nitrogens is 1. The third-order valence-electron chi connectivity index (χ3n) is 9.25. The second-order valence-electron chi connectivity index (χ2n) is 12.0. The van der Waals surface area contributed by atoms with E-state index >= 15 is 0 Å². The van der Waals surface area contributed by atoms with E-state index in [1.54, 1.807) is 6.07 Å². The molecule has 13 heteroatoms. The fourth-order valence-electron chi connectivity index (χ4n) is 6.91. The molecule has 256 valence electrons. The van der Waals surface area contributed by atoms with Gasteiger partial charge in [-0.05, 0) is 55.1 Å². The molecule has 1 fully saturated rings. The maximum Gasteiger partial charge on any atom is 0.418 e. The fourth-order valence-corrected chi connectivity index (χ4v) is 9.68. The van der Waals surface area contributed by atoms with E-state index in [1.807, 2.05) is 74.5 Å². The van der Waals surface area contributed by atoms with Crippen molar-refractivity contribution >= 4 is 68.7 Å². The van der Waals surface area contributed by atoms with Gasteiger partial charge >= 0.3 is 11.0 Å². The molecule has 0 aliphatic carbocycles. The van der Waals surface area contributed by atoms with E-state index < -0.39 is 57.1 Å². The van der Waals surface area contributed by atoms with Crippen LogP contribution in [0, 0.1) is 5.92 Å². The van der Waals surface area contributed by atoms with Gasteiger partial charge in [-0.25, -0.2) is 4.90 Å². The summed E-state index contributed by atoms with van der Waals surface area (Å²) in [7, 11) is 0. The van der Waals surface area contributed by atoms with Crippen LogP contribution in [0.4, 0.5) is 30.2 Å². The summed E-state index contributed by atoms with van der Waals surface area (Å²) in [5.41, 5.74) is 0.516. The normalized spacial score (nSPS) is 18.7. The standard InChI is InChI=1S/C37H31F3N4O4S2/c1-3-42(4-2)23-18-16-22(17-19-23)29-30-31(34(47)44(33(30)46)27-15-8-7-13-25(27)37(38,39)40)49-35-32(29)50-36(48)43(35)20-28(45)41-26-14-9-11-21-10-5-6-12-24(21)26/h5-19,29-31H,3-4,20H2,1-2H3,(H,41,45)/t29-,30-,31+/m0/s1. The highest BCUT2D eigenvalue weighted by molar-refractivity contribution is 8.00. The Kier molecular flexibility index (Phi) is 8.81. The second-order valence-corrected chi connectivity index (χ2v) is 14.2. The number of carbonyl (C=O) groups excluding carboxylic acids is 3. The summed E-state index contributed by atoms with van der Waals surface area (Å²) < 4.78 is 43.7. The van der Waals surface area contributed by atoms with Gasteiger partial charge in [0.2, 0.25) is 17.7 Å². The molecule has 4 aromatic carbocycles. The molecule has 0 radical (unpaired) electrons. The van der Waals surface area contributed by atoms with Gasteiger partial charge in [0.25, 0.3) is 0 Å². The van der Waals surface area contributed by atoms with Crippen LogP contribution in [0.15, 0.2) is 101 Å². The quantitative estimate of drug-likeness (QED) is 0.169. The summed E-state index contributed by atoms with van der Waals surface area (Å²) >= 11 is 1.84. The third kappa shape index (κ3) is 5.77. The zero-order chi connectivity index (χ0) is 35.3.